The van der Waals surface area contributed by atoms with Gasteiger partial charge in [-0.25, -0.2) is 0 Å². The van der Waals surface area contributed by atoms with E-state index in [-0.39, 0.29) is 0 Å². The Bertz CT molecular complexity index is 83.3. The van der Waals surface area contributed by atoms with Crippen molar-refractivity contribution in [2.45, 2.75) is 25.7 Å². The van der Waals surface area contributed by atoms with Crippen LogP contribution in [0, 0.1) is 11.8 Å². The highest BCUT2D eigenvalue weighted by Crippen LogP contribution is 2.27. The lowest BCUT2D eigenvalue weighted by Crippen LogP contribution is -2.20. The molecule has 1 aliphatic carbocycles. The van der Waals surface area contributed by atoms with Gasteiger partial charge in [0.05, 0.1) is 0 Å². The van der Waals surface area contributed by atoms with Crippen molar-refractivity contribution in [2.75, 3.05) is 13.2 Å². The van der Waals surface area contributed by atoms with Crippen molar-refractivity contribution < 1.29 is 10.2 Å². The zero-order valence-electron chi connectivity index (χ0n) is 6.29. The Morgan fingerprint density at radius 3 is 1.90 bits per heavy atom. The lowest BCUT2D eigenvalue weighted by Gasteiger charge is -2.26. The van der Waals surface area contributed by atoms with Crippen LogP contribution in [0.1, 0.15) is 25.7 Å². The molecule has 0 aromatic carbocycles. The fourth-order valence-electron chi connectivity index (χ4n) is 1.73. The summed E-state index contributed by atoms with van der Waals surface area (Å²) in [5.41, 5.74) is 0. The van der Waals surface area contributed by atoms with Crippen LogP contribution in [0.25, 0.3) is 0 Å². The lowest BCUT2D eigenvalue weighted by molar-refractivity contribution is 0.121. The summed E-state index contributed by atoms with van der Waals surface area (Å²) in [6.45, 7) is 0.604. The Morgan fingerprint density at radius 1 is 1.00 bits per heavy atom. The van der Waals surface area contributed by atoms with Crippen LogP contribution in [0.2, 0.25) is 0 Å². The zero-order valence-corrected chi connectivity index (χ0v) is 6.29. The second-order valence-corrected chi connectivity index (χ2v) is 3.26. The van der Waals surface area contributed by atoms with E-state index in [0.717, 1.165) is 19.3 Å². The summed E-state index contributed by atoms with van der Waals surface area (Å²) in [6.07, 6.45) is 4.49. The van der Waals surface area contributed by atoms with Crippen LogP contribution >= 0.6 is 0 Å². The Kier molecular flexibility index (Phi) is 3.16. The molecule has 0 radical (unpaired) electrons. The van der Waals surface area contributed by atoms with Gasteiger partial charge in [0.15, 0.2) is 0 Å². The largest absolute Gasteiger partial charge is 0.396 e. The maximum absolute atomic E-state index is 8.82. The second-order valence-electron chi connectivity index (χ2n) is 3.26. The first-order valence-corrected chi connectivity index (χ1v) is 4.08. The predicted molar refractivity (Wildman–Crippen MR) is 39.6 cm³/mol. The normalized spacial score (nSPS) is 34.2. The van der Waals surface area contributed by atoms with Gasteiger partial charge in [0.1, 0.15) is 0 Å². The lowest BCUT2D eigenvalue weighted by atomic mass is 9.82. The fourth-order valence-corrected chi connectivity index (χ4v) is 1.73. The number of aliphatic hydroxyl groups is 2. The summed E-state index contributed by atoms with van der Waals surface area (Å²) >= 11 is 0. The highest BCUT2D eigenvalue weighted by Gasteiger charge is 2.20. The third kappa shape index (κ3) is 1.96. The van der Waals surface area contributed by atoms with Gasteiger partial charge in [-0.3, -0.25) is 0 Å². The van der Waals surface area contributed by atoms with E-state index in [1.165, 1.54) is 6.42 Å². The molecule has 60 valence electrons. The molecule has 0 saturated heterocycles. The molecule has 0 aromatic heterocycles. The molecule has 2 atom stereocenters. The van der Waals surface area contributed by atoms with Gasteiger partial charge in [-0.2, -0.15) is 0 Å². The fraction of sp³-hybridized carbons (Fsp3) is 1.00. The summed E-state index contributed by atoms with van der Waals surface area (Å²) in [5, 5.41) is 17.6. The number of hydrogen-bond acceptors (Lipinski definition) is 2. The molecule has 0 heterocycles. The van der Waals surface area contributed by atoms with E-state index in [2.05, 4.69) is 0 Å². The van der Waals surface area contributed by atoms with Crippen molar-refractivity contribution in [1.82, 2.24) is 0 Å². The van der Waals surface area contributed by atoms with Gasteiger partial charge in [0.25, 0.3) is 0 Å². The van der Waals surface area contributed by atoms with Gasteiger partial charge in [0.2, 0.25) is 0 Å². The molecule has 0 aliphatic heterocycles. The molecule has 0 bridgehead atoms. The van der Waals surface area contributed by atoms with Gasteiger partial charge in [-0.05, 0) is 31.1 Å². The maximum atomic E-state index is 8.82. The van der Waals surface area contributed by atoms with Crippen molar-refractivity contribution in [3.8, 4) is 0 Å². The minimum Gasteiger partial charge on any atom is -0.396 e. The van der Waals surface area contributed by atoms with Crippen LogP contribution in [0.3, 0.4) is 0 Å². The van der Waals surface area contributed by atoms with Crippen molar-refractivity contribution in [3.63, 3.8) is 0 Å². The van der Waals surface area contributed by atoms with Crippen LogP contribution in [0.4, 0.5) is 0 Å². The van der Waals surface area contributed by atoms with E-state index in [9.17, 15) is 0 Å². The average Bonchev–Trinajstić information content (AvgIpc) is 2.05. The van der Waals surface area contributed by atoms with Gasteiger partial charge in [-0.15, -0.1) is 0 Å². The van der Waals surface area contributed by atoms with E-state index in [4.69, 9.17) is 10.2 Å². The van der Waals surface area contributed by atoms with E-state index in [0.29, 0.717) is 25.0 Å². The SMILES string of the molecule is OCC1CCC[C@H](CO)C1. The minimum atomic E-state index is 0.302. The van der Waals surface area contributed by atoms with Crippen LogP contribution in [0.15, 0.2) is 0 Å². The van der Waals surface area contributed by atoms with E-state index >= 15 is 0 Å². The summed E-state index contributed by atoms with van der Waals surface area (Å²) in [5.74, 6) is 0.928. The topological polar surface area (TPSA) is 40.5 Å². The molecule has 2 nitrogen and oxygen atoms in total. The van der Waals surface area contributed by atoms with Gasteiger partial charge < -0.3 is 10.2 Å². The third-order valence-corrected chi connectivity index (χ3v) is 2.41. The summed E-state index contributed by atoms with van der Waals surface area (Å²) in [4.78, 5) is 0. The van der Waals surface area contributed by atoms with Crippen LogP contribution in [-0.4, -0.2) is 23.4 Å². The molecule has 10 heavy (non-hydrogen) atoms. The molecule has 1 aliphatic rings. The zero-order chi connectivity index (χ0) is 7.40. The monoisotopic (exact) mass is 144 g/mol. The molecular weight excluding hydrogens is 128 g/mol. The Labute approximate surface area is 61.9 Å². The Balaban J connectivity index is 2.25. The van der Waals surface area contributed by atoms with Crippen molar-refractivity contribution in [1.29, 1.82) is 0 Å². The quantitative estimate of drug-likeness (QED) is 0.601. The van der Waals surface area contributed by atoms with Crippen LogP contribution in [-0.2, 0) is 0 Å². The van der Waals surface area contributed by atoms with E-state index < -0.39 is 0 Å². The highest BCUT2D eigenvalue weighted by atomic mass is 16.3. The minimum absolute atomic E-state index is 0.302. The molecule has 2 N–H and O–H groups in total. The first-order valence-electron chi connectivity index (χ1n) is 4.08. The first-order chi connectivity index (χ1) is 4.86. The van der Waals surface area contributed by atoms with Gasteiger partial charge >= 0.3 is 0 Å². The van der Waals surface area contributed by atoms with Crippen LogP contribution in [0.5, 0.6) is 0 Å². The summed E-state index contributed by atoms with van der Waals surface area (Å²) < 4.78 is 0. The van der Waals surface area contributed by atoms with E-state index in [1.54, 1.807) is 0 Å². The summed E-state index contributed by atoms with van der Waals surface area (Å²) in [6, 6.07) is 0. The number of rotatable bonds is 2. The van der Waals surface area contributed by atoms with Crippen molar-refractivity contribution >= 4 is 0 Å². The molecule has 2 heteroatoms. The molecule has 1 saturated carbocycles. The smallest absolute Gasteiger partial charge is 0.0459 e. The third-order valence-electron chi connectivity index (χ3n) is 2.41. The maximum Gasteiger partial charge on any atom is 0.0459 e. The average molecular weight is 144 g/mol. The highest BCUT2D eigenvalue weighted by molar-refractivity contribution is 4.71. The number of aliphatic hydroxyl groups excluding tert-OH is 2. The molecule has 0 amide bonds. The molecule has 1 unspecified atom stereocenters. The van der Waals surface area contributed by atoms with Crippen molar-refractivity contribution in [3.05, 3.63) is 0 Å². The molecule has 1 fully saturated rings. The number of hydrogen-bond donors (Lipinski definition) is 2. The predicted octanol–water partition coefficient (Wildman–Crippen LogP) is 0.777. The van der Waals surface area contributed by atoms with E-state index in [1.807, 2.05) is 0 Å². The molecular formula is C8H16O2. The van der Waals surface area contributed by atoms with Crippen molar-refractivity contribution in [2.24, 2.45) is 11.8 Å². The summed E-state index contributed by atoms with van der Waals surface area (Å²) in [7, 11) is 0. The standard InChI is InChI=1S/C8H16O2/c9-5-7-2-1-3-8(4-7)6-10/h7-10H,1-6H2/t7-,8?/m0/s1. The van der Waals surface area contributed by atoms with Gasteiger partial charge in [0, 0.05) is 13.2 Å². The van der Waals surface area contributed by atoms with Gasteiger partial charge in [-0.1, -0.05) is 6.42 Å². The van der Waals surface area contributed by atoms with Crippen LogP contribution < -0.4 is 0 Å². The molecule has 0 spiro atoms. The second kappa shape index (κ2) is 3.94. The molecule has 0 aromatic rings. The Hall–Kier alpha value is -0.0800. The Morgan fingerprint density at radius 2 is 1.50 bits per heavy atom. The molecule has 1 rings (SSSR count). The first kappa shape index (κ1) is 8.02.